The molecule has 2 heterocycles. The second-order valence-corrected chi connectivity index (χ2v) is 4.59. The van der Waals surface area contributed by atoms with Crippen molar-refractivity contribution in [3.63, 3.8) is 0 Å². The maximum absolute atomic E-state index is 12.0. The molecule has 1 saturated heterocycles. The molecule has 3 N–H and O–H groups in total. The molecule has 1 aromatic rings. The average molecular weight is 283 g/mol. The van der Waals surface area contributed by atoms with Crippen LogP contribution in [0.25, 0.3) is 0 Å². The average Bonchev–Trinajstić information content (AvgIpc) is 3.01. The number of urea groups is 1. The molecule has 0 spiro atoms. The molecule has 0 bridgehead atoms. The van der Waals surface area contributed by atoms with Crippen molar-refractivity contribution < 1.29 is 19.8 Å². The lowest BCUT2D eigenvalue weighted by atomic mass is 10.2. The first-order chi connectivity index (χ1) is 9.52. The maximum Gasteiger partial charge on any atom is 0.326 e. The van der Waals surface area contributed by atoms with Crippen LogP contribution in [0.5, 0.6) is 0 Å². The monoisotopic (exact) mass is 283 g/mol. The van der Waals surface area contributed by atoms with Crippen molar-refractivity contribution in [3.05, 3.63) is 12.2 Å². The van der Waals surface area contributed by atoms with Crippen molar-refractivity contribution in [1.82, 2.24) is 25.0 Å². The third-order valence-corrected chi connectivity index (χ3v) is 3.26. The lowest BCUT2D eigenvalue weighted by molar-refractivity contribution is -0.141. The molecule has 110 valence electrons. The van der Waals surface area contributed by atoms with E-state index < -0.39 is 24.1 Å². The lowest BCUT2D eigenvalue weighted by Gasteiger charge is -2.21. The molecule has 2 amide bonds. The number of aryl methyl sites for hydroxylation is 1. The highest BCUT2D eigenvalue weighted by Gasteiger charge is 2.38. The predicted molar refractivity (Wildman–Crippen MR) is 66.7 cm³/mol. The molecule has 1 aliphatic heterocycles. The predicted octanol–water partition coefficient (Wildman–Crippen LogP) is -0.973. The fourth-order valence-corrected chi connectivity index (χ4v) is 2.21. The van der Waals surface area contributed by atoms with E-state index in [2.05, 4.69) is 15.5 Å². The normalized spacial score (nSPS) is 22.0. The topological polar surface area (TPSA) is 121 Å². The van der Waals surface area contributed by atoms with Crippen LogP contribution in [0.2, 0.25) is 0 Å². The van der Waals surface area contributed by atoms with Crippen LogP contribution in [0.1, 0.15) is 19.2 Å². The molecule has 0 aliphatic carbocycles. The number of carboxylic acids is 1. The molecule has 0 unspecified atom stereocenters. The number of aliphatic carboxylic acids is 1. The number of aliphatic hydroxyl groups excluding tert-OH is 1. The zero-order valence-electron chi connectivity index (χ0n) is 11.1. The van der Waals surface area contributed by atoms with Gasteiger partial charge in [0.05, 0.1) is 12.6 Å². The van der Waals surface area contributed by atoms with Crippen molar-refractivity contribution in [1.29, 1.82) is 0 Å². The summed E-state index contributed by atoms with van der Waals surface area (Å²) in [6, 6.07) is -1.52. The second kappa shape index (κ2) is 5.87. The Labute approximate surface area is 115 Å². The molecular formula is C11H17N5O4. The van der Waals surface area contributed by atoms with Crippen LogP contribution in [-0.2, 0) is 17.9 Å². The number of nitrogens with one attached hydrogen (secondary N) is 1. The molecule has 9 heteroatoms. The van der Waals surface area contributed by atoms with Crippen LogP contribution in [0.4, 0.5) is 4.79 Å². The first kappa shape index (κ1) is 14.3. The van der Waals surface area contributed by atoms with E-state index in [1.54, 1.807) is 10.9 Å². The van der Waals surface area contributed by atoms with Crippen molar-refractivity contribution in [2.24, 2.45) is 0 Å². The number of carbonyl (C=O) groups excluding carboxylic acids is 1. The summed E-state index contributed by atoms with van der Waals surface area (Å²) >= 11 is 0. The largest absolute Gasteiger partial charge is 0.480 e. The summed E-state index contributed by atoms with van der Waals surface area (Å²) in [5.41, 5.74) is 0. The summed E-state index contributed by atoms with van der Waals surface area (Å²) < 4.78 is 1.77. The van der Waals surface area contributed by atoms with Gasteiger partial charge in [-0.3, -0.25) is 0 Å². The van der Waals surface area contributed by atoms with Gasteiger partial charge in [0.15, 0.2) is 5.82 Å². The van der Waals surface area contributed by atoms with Crippen LogP contribution < -0.4 is 5.32 Å². The third-order valence-electron chi connectivity index (χ3n) is 3.26. The molecule has 1 fully saturated rings. The highest BCUT2D eigenvalue weighted by atomic mass is 16.4. The van der Waals surface area contributed by atoms with Crippen molar-refractivity contribution in [2.75, 3.05) is 6.54 Å². The van der Waals surface area contributed by atoms with Crippen LogP contribution in [-0.4, -0.2) is 60.6 Å². The van der Waals surface area contributed by atoms with Crippen LogP contribution in [0, 0.1) is 0 Å². The summed E-state index contributed by atoms with van der Waals surface area (Å²) in [7, 11) is 0. The van der Waals surface area contributed by atoms with Gasteiger partial charge in [-0.1, -0.05) is 0 Å². The van der Waals surface area contributed by atoms with E-state index in [-0.39, 0.29) is 19.5 Å². The van der Waals surface area contributed by atoms with Crippen LogP contribution >= 0.6 is 0 Å². The van der Waals surface area contributed by atoms with Crippen LogP contribution in [0.15, 0.2) is 6.33 Å². The Morgan fingerprint density at radius 1 is 1.55 bits per heavy atom. The summed E-state index contributed by atoms with van der Waals surface area (Å²) in [5, 5.41) is 28.7. The summed E-state index contributed by atoms with van der Waals surface area (Å²) in [6.07, 6.45) is 0.802. The minimum absolute atomic E-state index is 0.0171. The molecule has 2 rings (SSSR count). The number of likely N-dealkylation sites (tertiary alicyclic amines) is 1. The number of nitrogens with zero attached hydrogens (tertiary/aromatic N) is 4. The molecule has 0 radical (unpaired) electrons. The Balaban J connectivity index is 1.96. The number of carboxylic acid groups (broad SMARTS) is 1. The van der Waals surface area contributed by atoms with E-state index in [1.165, 1.54) is 0 Å². The van der Waals surface area contributed by atoms with Gasteiger partial charge >= 0.3 is 12.0 Å². The molecular weight excluding hydrogens is 266 g/mol. The highest BCUT2D eigenvalue weighted by molar-refractivity contribution is 5.83. The smallest absolute Gasteiger partial charge is 0.326 e. The summed E-state index contributed by atoms with van der Waals surface area (Å²) in [4.78, 5) is 24.1. The Bertz CT molecular complexity index is 503. The molecule has 20 heavy (non-hydrogen) atoms. The second-order valence-electron chi connectivity index (χ2n) is 4.59. The minimum atomic E-state index is -1.12. The van der Waals surface area contributed by atoms with E-state index >= 15 is 0 Å². The summed E-state index contributed by atoms with van der Waals surface area (Å²) in [5.74, 6) is -0.527. The maximum atomic E-state index is 12.0. The number of aromatic nitrogens is 3. The Morgan fingerprint density at radius 3 is 2.95 bits per heavy atom. The third kappa shape index (κ3) is 2.87. The number of amides is 2. The highest BCUT2D eigenvalue weighted by Crippen LogP contribution is 2.18. The molecule has 1 aromatic heterocycles. The Hall–Kier alpha value is -2.16. The Kier molecular flexibility index (Phi) is 4.18. The number of rotatable bonds is 4. The quantitative estimate of drug-likeness (QED) is 0.653. The van der Waals surface area contributed by atoms with E-state index in [1.807, 2.05) is 6.92 Å². The van der Waals surface area contributed by atoms with Crippen molar-refractivity contribution in [3.8, 4) is 0 Å². The zero-order chi connectivity index (χ0) is 14.7. The first-order valence-electron chi connectivity index (χ1n) is 6.35. The lowest BCUT2D eigenvalue weighted by Crippen LogP contribution is -2.46. The molecule has 1 aliphatic rings. The molecule has 2 atom stereocenters. The van der Waals surface area contributed by atoms with Crippen LogP contribution in [0.3, 0.4) is 0 Å². The molecule has 9 nitrogen and oxygen atoms in total. The van der Waals surface area contributed by atoms with Gasteiger partial charge in [0.25, 0.3) is 0 Å². The zero-order valence-corrected chi connectivity index (χ0v) is 11.1. The van der Waals surface area contributed by atoms with E-state index in [0.717, 1.165) is 4.90 Å². The minimum Gasteiger partial charge on any atom is -0.480 e. The summed E-state index contributed by atoms with van der Waals surface area (Å²) in [6.45, 7) is 2.78. The van der Waals surface area contributed by atoms with Crippen molar-refractivity contribution >= 4 is 12.0 Å². The van der Waals surface area contributed by atoms with Gasteiger partial charge in [-0.25, -0.2) is 9.59 Å². The van der Waals surface area contributed by atoms with Gasteiger partial charge in [0.1, 0.15) is 12.4 Å². The van der Waals surface area contributed by atoms with Gasteiger partial charge in [0, 0.05) is 19.5 Å². The number of aliphatic hydroxyl groups is 1. The van der Waals surface area contributed by atoms with E-state index in [9.17, 15) is 14.7 Å². The fourth-order valence-electron chi connectivity index (χ4n) is 2.21. The molecule has 0 saturated carbocycles. The van der Waals surface area contributed by atoms with Gasteiger partial charge < -0.3 is 25.0 Å². The first-order valence-corrected chi connectivity index (χ1v) is 6.35. The van der Waals surface area contributed by atoms with Crippen molar-refractivity contribution in [2.45, 2.75) is 38.6 Å². The number of β-amino-alcohol motifs (C(OH)–C–C–N with tert-alkyl or cyclic N) is 1. The number of hydrogen-bond acceptors (Lipinski definition) is 5. The fraction of sp³-hybridized carbons (Fsp3) is 0.636. The van der Waals surface area contributed by atoms with Gasteiger partial charge in [-0.15, -0.1) is 10.2 Å². The van der Waals surface area contributed by atoms with Gasteiger partial charge in [-0.2, -0.15) is 0 Å². The number of carbonyl (C=O) groups is 2. The molecule has 0 aromatic carbocycles. The SMILES string of the molecule is CCn1cnnc1CNC(=O)N1C[C@H](O)C[C@H]1C(=O)O. The van der Waals surface area contributed by atoms with E-state index in [4.69, 9.17) is 5.11 Å². The Morgan fingerprint density at radius 2 is 2.30 bits per heavy atom. The van der Waals surface area contributed by atoms with Gasteiger partial charge in [-0.05, 0) is 6.92 Å². The number of hydrogen-bond donors (Lipinski definition) is 3. The standard InChI is InChI=1S/C11H17N5O4/c1-2-15-6-13-14-9(15)4-12-11(20)16-5-7(17)3-8(16)10(18)19/h6-8,17H,2-5H2,1H3,(H,12,20)(H,18,19)/t7-,8+/m1/s1. The van der Waals surface area contributed by atoms with Gasteiger partial charge in [0.2, 0.25) is 0 Å². The van der Waals surface area contributed by atoms with E-state index in [0.29, 0.717) is 12.4 Å².